The van der Waals surface area contributed by atoms with Crippen LogP contribution >= 0.6 is 15.9 Å². The van der Waals surface area contributed by atoms with Crippen LogP contribution in [0.5, 0.6) is 0 Å². The Kier molecular flexibility index (Phi) is 4.51. The third kappa shape index (κ3) is 2.51. The fourth-order valence-electron chi connectivity index (χ4n) is 3.01. The highest BCUT2D eigenvalue weighted by atomic mass is 79.9. The van der Waals surface area contributed by atoms with Crippen molar-refractivity contribution in [1.29, 1.82) is 0 Å². The minimum atomic E-state index is -0.151. The molecule has 1 aliphatic rings. The van der Waals surface area contributed by atoms with Crippen LogP contribution in [0.15, 0.2) is 21.2 Å². The van der Waals surface area contributed by atoms with E-state index in [4.69, 9.17) is 9.15 Å². The molecule has 18 heavy (non-hydrogen) atoms. The number of nitrogens with one attached hydrogen (secondary N) is 1. The van der Waals surface area contributed by atoms with Gasteiger partial charge in [0.2, 0.25) is 0 Å². The summed E-state index contributed by atoms with van der Waals surface area (Å²) in [6.45, 7) is 2.32. The van der Waals surface area contributed by atoms with Gasteiger partial charge < -0.3 is 14.5 Å². The second-order valence-corrected chi connectivity index (χ2v) is 6.16. The van der Waals surface area contributed by atoms with Crippen molar-refractivity contribution in [3.8, 4) is 0 Å². The summed E-state index contributed by atoms with van der Waals surface area (Å²) in [5, 5.41) is 3.37. The average Bonchev–Trinajstić information content (AvgIpc) is 2.79. The summed E-state index contributed by atoms with van der Waals surface area (Å²) in [6, 6.07) is 2.04. The molecule has 1 saturated carbocycles. The van der Waals surface area contributed by atoms with Crippen LogP contribution in [0.2, 0.25) is 0 Å². The Bertz CT molecular complexity index is 383. The Morgan fingerprint density at radius 1 is 1.50 bits per heavy atom. The van der Waals surface area contributed by atoms with E-state index in [0.29, 0.717) is 0 Å². The van der Waals surface area contributed by atoms with E-state index in [-0.39, 0.29) is 11.6 Å². The van der Waals surface area contributed by atoms with Crippen LogP contribution in [0.3, 0.4) is 0 Å². The van der Waals surface area contributed by atoms with Gasteiger partial charge in [-0.2, -0.15) is 0 Å². The number of likely N-dealkylation sites (N-methyl/N-ethyl adjacent to an activating group) is 1. The Balaban J connectivity index is 2.27. The molecule has 3 nitrogen and oxygen atoms in total. The Morgan fingerprint density at radius 2 is 2.17 bits per heavy atom. The lowest BCUT2D eigenvalue weighted by molar-refractivity contribution is -0.0789. The molecule has 1 heterocycles. The molecule has 0 aromatic carbocycles. The first-order chi connectivity index (χ1) is 8.63. The topological polar surface area (TPSA) is 34.4 Å². The standard InChI is InChI=1S/C14H22BrNO2/c1-10-4-7-14(17-3,8-5-10)13(16-2)12-11(15)6-9-18-12/h6,9-10,13,16H,4-5,7-8H2,1-3H3. The van der Waals surface area contributed by atoms with Gasteiger partial charge in [-0.1, -0.05) is 6.92 Å². The summed E-state index contributed by atoms with van der Waals surface area (Å²) >= 11 is 3.55. The highest BCUT2D eigenvalue weighted by Crippen LogP contribution is 2.44. The van der Waals surface area contributed by atoms with E-state index in [1.807, 2.05) is 20.2 Å². The molecule has 102 valence electrons. The molecular weight excluding hydrogens is 294 g/mol. The quantitative estimate of drug-likeness (QED) is 0.915. The molecule has 4 heteroatoms. The zero-order chi connectivity index (χ0) is 13.2. The molecule has 1 atom stereocenters. The Hall–Kier alpha value is -0.320. The second kappa shape index (κ2) is 5.76. The van der Waals surface area contributed by atoms with Gasteiger partial charge in [0.05, 0.1) is 22.4 Å². The van der Waals surface area contributed by atoms with E-state index in [2.05, 4.69) is 28.2 Å². The first kappa shape index (κ1) is 14.1. The lowest BCUT2D eigenvalue weighted by atomic mass is 9.74. The molecule has 0 radical (unpaired) electrons. The number of methoxy groups -OCH3 is 1. The van der Waals surface area contributed by atoms with Crippen LogP contribution in [0, 0.1) is 5.92 Å². The third-order valence-corrected chi connectivity index (χ3v) is 4.90. The predicted octanol–water partition coefficient (Wildman–Crippen LogP) is 3.90. The lowest BCUT2D eigenvalue weighted by Gasteiger charge is -2.43. The molecule has 1 aromatic rings. The van der Waals surface area contributed by atoms with Gasteiger partial charge in [-0.25, -0.2) is 0 Å². The average molecular weight is 316 g/mol. The normalized spacial score (nSPS) is 30.3. The number of halogens is 1. The monoisotopic (exact) mass is 315 g/mol. The number of hydrogen-bond acceptors (Lipinski definition) is 3. The van der Waals surface area contributed by atoms with Gasteiger partial charge in [-0.15, -0.1) is 0 Å². The van der Waals surface area contributed by atoms with Gasteiger partial charge >= 0.3 is 0 Å². The summed E-state index contributed by atoms with van der Waals surface area (Å²) in [6.07, 6.45) is 6.29. The van der Waals surface area contributed by atoms with Gasteiger partial charge in [0, 0.05) is 7.11 Å². The van der Waals surface area contributed by atoms with Crippen LogP contribution in [0.25, 0.3) is 0 Å². The van der Waals surface area contributed by atoms with Gasteiger partial charge in [0.1, 0.15) is 5.76 Å². The summed E-state index contributed by atoms with van der Waals surface area (Å²) < 4.78 is 12.6. The van der Waals surface area contributed by atoms with Crippen molar-refractivity contribution in [2.45, 2.75) is 44.2 Å². The van der Waals surface area contributed by atoms with Crippen molar-refractivity contribution in [1.82, 2.24) is 5.32 Å². The highest BCUT2D eigenvalue weighted by molar-refractivity contribution is 9.10. The molecule has 1 fully saturated rings. The minimum Gasteiger partial charge on any atom is -0.466 e. The van der Waals surface area contributed by atoms with E-state index >= 15 is 0 Å². The van der Waals surface area contributed by atoms with E-state index in [0.717, 1.165) is 29.0 Å². The molecule has 1 unspecified atom stereocenters. The Labute approximate surface area is 117 Å². The smallest absolute Gasteiger partial charge is 0.137 e. The number of furan rings is 1. The summed E-state index contributed by atoms with van der Waals surface area (Å²) in [4.78, 5) is 0. The summed E-state index contributed by atoms with van der Waals surface area (Å²) in [7, 11) is 3.79. The second-order valence-electron chi connectivity index (χ2n) is 5.31. The zero-order valence-corrected chi connectivity index (χ0v) is 12.9. The maximum absolute atomic E-state index is 5.92. The molecule has 1 N–H and O–H groups in total. The molecule has 0 saturated heterocycles. The molecule has 0 amide bonds. The van der Waals surface area contributed by atoms with Crippen molar-refractivity contribution < 1.29 is 9.15 Å². The molecular formula is C14H22BrNO2. The fraction of sp³-hybridized carbons (Fsp3) is 0.714. The molecule has 2 rings (SSSR count). The number of ether oxygens (including phenoxy) is 1. The first-order valence-corrected chi connectivity index (χ1v) is 7.37. The van der Waals surface area contributed by atoms with E-state index in [9.17, 15) is 0 Å². The number of rotatable bonds is 4. The van der Waals surface area contributed by atoms with Crippen LogP contribution < -0.4 is 5.32 Å². The zero-order valence-electron chi connectivity index (χ0n) is 11.3. The molecule has 1 aromatic heterocycles. The number of hydrogen-bond donors (Lipinski definition) is 1. The highest BCUT2D eigenvalue weighted by Gasteiger charge is 2.43. The largest absolute Gasteiger partial charge is 0.466 e. The molecule has 0 bridgehead atoms. The maximum atomic E-state index is 5.92. The van der Waals surface area contributed by atoms with E-state index < -0.39 is 0 Å². The van der Waals surface area contributed by atoms with Crippen molar-refractivity contribution in [3.05, 3.63) is 22.6 Å². The predicted molar refractivity (Wildman–Crippen MR) is 75.6 cm³/mol. The molecule has 0 aliphatic heterocycles. The van der Waals surface area contributed by atoms with E-state index in [1.54, 1.807) is 6.26 Å². The first-order valence-electron chi connectivity index (χ1n) is 6.58. The van der Waals surface area contributed by atoms with Crippen molar-refractivity contribution in [2.24, 2.45) is 5.92 Å². The van der Waals surface area contributed by atoms with Gasteiger partial charge in [0.25, 0.3) is 0 Å². The lowest BCUT2D eigenvalue weighted by Crippen LogP contribution is -2.46. The van der Waals surface area contributed by atoms with Crippen LogP contribution in [0.1, 0.15) is 44.4 Å². The van der Waals surface area contributed by atoms with Crippen LogP contribution in [0.4, 0.5) is 0 Å². The van der Waals surface area contributed by atoms with Crippen molar-refractivity contribution >= 4 is 15.9 Å². The third-order valence-electron chi connectivity index (χ3n) is 4.25. The molecule has 0 spiro atoms. The van der Waals surface area contributed by atoms with E-state index in [1.165, 1.54) is 12.8 Å². The van der Waals surface area contributed by atoms with Crippen molar-refractivity contribution in [3.63, 3.8) is 0 Å². The maximum Gasteiger partial charge on any atom is 0.137 e. The summed E-state index contributed by atoms with van der Waals surface area (Å²) in [5.41, 5.74) is -0.151. The van der Waals surface area contributed by atoms with Crippen LogP contribution in [-0.4, -0.2) is 19.8 Å². The molecule has 1 aliphatic carbocycles. The Morgan fingerprint density at radius 3 is 2.61 bits per heavy atom. The van der Waals surface area contributed by atoms with Crippen LogP contribution in [-0.2, 0) is 4.74 Å². The summed E-state index contributed by atoms with van der Waals surface area (Å²) in [5.74, 6) is 1.74. The fourth-order valence-corrected chi connectivity index (χ4v) is 3.44. The minimum absolute atomic E-state index is 0.0966. The van der Waals surface area contributed by atoms with Gasteiger partial charge in [-0.3, -0.25) is 0 Å². The van der Waals surface area contributed by atoms with Gasteiger partial charge in [-0.05, 0) is 60.6 Å². The van der Waals surface area contributed by atoms with Crippen molar-refractivity contribution in [2.75, 3.05) is 14.2 Å². The van der Waals surface area contributed by atoms with Gasteiger partial charge in [0.15, 0.2) is 0 Å². The SMILES string of the molecule is CNC(c1occc1Br)C1(OC)CCC(C)CC1.